The van der Waals surface area contributed by atoms with Crippen molar-refractivity contribution in [3.63, 3.8) is 0 Å². The Labute approximate surface area is 119 Å². The number of likely N-dealkylation sites (N-methyl/N-ethyl adjacent to an activating group) is 1. The van der Waals surface area contributed by atoms with Gasteiger partial charge in [0.1, 0.15) is 6.04 Å². The van der Waals surface area contributed by atoms with E-state index in [0.29, 0.717) is 13.2 Å². The Morgan fingerprint density at radius 3 is 2.84 bits per heavy atom. The minimum absolute atomic E-state index is 0.0492. The third-order valence-electron chi connectivity index (χ3n) is 2.85. The highest BCUT2D eigenvalue weighted by molar-refractivity contribution is 7.89. The van der Waals surface area contributed by atoms with E-state index in [-0.39, 0.29) is 36.6 Å². The number of ether oxygens (including phenoxy) is 1. The van der Waals surface area contributed by atoms with Crippen molar-refractivity contribution in [2.45, 2.75) is 19.9 Å². The van der Waals surface area contributed by atoms with Crippen LogP contribution in [0.1, 0.15) is 13.8 Å². The molecule has 0 saturated carbocycles. The molecule has 0 aromatic carbocycles. The summed E-state index contributed by atoms with van der Waals surface area (Å²) >= 11 is 5.66. The maximum absolute atomic E-state index is 12.3. The fourth-order valence-corrected chi connectivity index (χ4v) is 4.08. The van der Waals surface area contributed by atoms with Gasteiger partial charge in [-0.15, -0.1) is 11.6 Å². The topological polar surface area (TPSA) is 75.7 Å². The summed E-state index contributed by atoms with van der Waals surface area (Å²) in [4.78, 5) is 11.9. The monoisotopic (exact) mass is 312 g/mol. The molecule has 0 aromatic rings. The smallest absolute Gasteiger partial charge is 0.240 e. The van der Waals surface area contributed by atoms with Gasteiger partial charge in [0.25, 0.3) is 0 Å². The molecular formula is C11H21ClN2O4S. The van der Waals surface area contributed by atoms with Crippen LogP contribution in [0.4, 0.5) is 0 Å². The molecule has 6 nitrogen and oxygen atoms in total. The third-order valence-corrected chi connectivity index (χ3v) is 5.52. The van der Waals surface area contributed by atoms with E-state index in [1.54, 1.807) is 13.8 Å². The molecule has 0 aliphatic carbocycles. The molecule has 0 spiro atoms. The summed E-state index contributed by atoms with van der Waals surface area (Å²) in [6.07, 6.45) is 0. The second-order valence-electron chi connectivity index (χ2n) is 4.63. The first kappa shape index (κ1) is 16.7. The van der Waals surface area contributed by atoms with Crippen LogP contribution in [0.25, 0.3) is 0 Å². The average molecular weight is 313 g/mol. The van der Waals surface area contributed by atoms with Gasteiger partial charge in [0.15, 0.2) is 0 Å². The first-order valence-corrected chi connectivity index (χ1v) is 8.47. The molecule has 0 aromatic heterocycles. The van der Waals surface area contributed by atoms with Crippen molar-refractivity contribution in [2.75, 3.05) is 37.9 Å². The maximum Gasteiger partial charge on any atom is 0.240 e. The van der Waals surface area contributed by atoms with Gasteiger partial charge in [0.05, 0.1) is 19.0 Å². The van der Waals surface area contributed by atoms with Crippen molar-refractivity contribution in [3.8, 4) is 0 Å². The molecule has 8 heteroatoms. The van der Waals surface area contributed by atoms with E-state index in [1.165, 1.54) is 4.31 Å². The van der Waals surface area contributed by atoms with Crippen molar-refractivity contribution in [1.82, 2.24) is 9.62 Å². The molecule has 1 aliphatic rings. The lowest BCUT2D eigenvalue weighted by molar-refractivity contribution is -0.129. The number of morpholine rings is 1. The van der Waals surface area contributed by atoms with E-state index < -0.39 is 16.1 Å². The zero-order valence-electron chi connectivity index (χ0n) is 11.3. The largest absolute Gasteiger partial charge is 0.378 e. The molecule has 1 rings (SSSR count). The minimum Gasteiger partial charge on any atom is -0.378 e. The van der Waals surface area contributed by atoms with Crippen LogP contribution < -0.4 is 5.32 Å². The van der Waals surface area contributed by atoms with Crippen LogP contribution in [-0.2, 0) is 19.6 Å². The van der Waals surface area contributed by atoms with Crippen LogP contribution in [0, 0.1) is 5.92 Å². The number of alkyl halides is 1. The van der Waals surface area contributed by atoms with Crippen LogP contribution in [0.5, 0.6) is 0 Å². The Morgan fingerprint density at radius 1 is 1.58 bits per heavy atom. The molecule has 19 heavy (non-hydrogen) atoms. The summed E-state index contributed by atoms with van der Waals surface area (Å²) in [5.41, 5.74) is 0. The summed E-state index contributed by atoms with van der Waals surface area (Å²) in [6.45, 7) is 4.63. The molecule has 112 valence electrons. The number of halogens is 1. The predicted octanol–water partition coefficient (Wildman–Crippen LogP) is 0.0280. The van der Waals surface area contributed by atoms with Crippen molar-refractivity contribution >= 4 is 27.5 Å². The highest BCUT2D eigenvalue weighted by atomic mass is 35.5. The van der Waals surface area contributed by atoms with Gasteiger partial charge in [-0.2, -0.15) is 4.31 Å². The van der Waals surface area contributed by atoms with Crippen molar-refractivity contribution in [2.24, 2.45) is 5.92 Å². The molecule has 1 saturated heterocycles. The fourth-order valence-electron chi connectivity index (χ4n) is 1.92. The molecule has 1 aliphatic heterocycles. The van der Waals surface area contributed by atoms with E-state index in [0.717, 1.165) is 0 Å². The molecule has 0 radical (unpaired) electrons. The average Bonchev–Trinajstić information content (AvgIpc) is 2.38. The molecule has 2 atom stereocenters. The van der Waals surface area contributed by atoms with Crippen LogP contribution in [0.2, 0.25) is 0 Å². The quantitative estimate of drug-likeness (QED) is 0.702. The predicted molar refractivity (Wildman–Crippen MR) is 73.7 cm³/mol. The van der Waals surface area contributed by atoms with Crippen LogP contribution in [-0.4, -0.2) is 62.6 Å². The van der Waals surface area contributed by atoms with Gasteiger partial charge in [-0.05, 0) is 12.8 Å². The first-order chi connectivity index (χ1) is 8.92. The second-order valence-corrected chi connectivity index (χ2v) is 6.91. The normalized spacial score (nSPS) is 23.0. The van der Waals surface area contributed by atoms with Gasteiger partial charge in [-0.3, -0.25) is 4.79 Å². The standard InChI is InChI=1S/C11H21ClN2O4S/c1-3-13-11(15)10-7-18-5-4-14(10)19(16,17)8-9(2)6-12/h9-10H,3-8H2,1-2H3,(H,13,15). The van der Waals surface area contributed by atoms with E-state index in [4.69, 9.17) is 16.3 Å². The molecule has 1 N–H and O–H groups in total. The summed E-state index contributed by atoms with van der Waals surface area (Å²) < 4.78 is 31.1. The fraction of sp³-hybridized carbons (Fsp3) is 0.909. The van der Waals surface area contributed by atoms with E-state index in [9.17, 15) is 13.2 Å². The Balaban J connectivity index is 2.84. The number of rotatable bonds is 6. The Morgan fingerprint density at radius 2 is 2.26 bits per heavy atom. The lowest BCUT2D eigenvalue weighted by Crippen LogP contribution is -2.56. The highest BCUT2D eigenvalue weighted by Crippen LogP contribution is 2.16. The number of amides is 1. The van der Waals surface area contributed by atoms with E-state index in [1.807, 2.05) is 0 Å². The maximum atomic E-state index is 12.3. The highest BCUT2D eigenvalue weighted by Gasteiger charge is 2.37. The number of carbonyl (C=O) groups is 1. The number of nitrogens with zero attached hydrogens (tertiary/aromatic N) is 1. The Hall–Kier alpha value is -0.370. The van der Waals surface area contributed by atoms with Gasteiger partial charge >= 0.3 is 0 Å². The number of hydrogen-bond donors (Lipinski definition) is 1. The zero-order valence-corrected chi connectivity index (χ0v) is 12.8. The number of carbonyl (C=O) groups excluding carboxylic acids is 1. The molecular weight excluding hydrogens is 292 g/mol. The lowest BCUT2D eigenvalue weighted by atomic mass is 10.2. The minimum atomic E-state index is -3.50. The SMILES string of the molecule is CCNC(=O)C1COCCN1S(=O)(=O)CC(C)CCl. The van der Waals surface area contributed by atoms with Gasteiger partial charge < -0.3 is 10.1 Å². The Bertz CT molecular complexity index is 401. The van der Waals surface area contributed by atoms with Crippen molar-refractivity contribution in [1.29, 1.82) is 0 Å². The summed E-state index contributed by atoms with van der Waals surface area (Å²) in [5, 5.41) is 2.63. The van der Waals surface area contributed by atoms with Gasteiger partial charge in [-0.25, -0.2) is 8.42 Å². The summed E-state index contributed by atoms with van der Waals surface area (Å²) in [5.74, 6) is -0.240. The van der Waals surface area contributed by atoms with Gasteiger partial charge in [-0.1, -0.05) is 6.92 Å². The van der Waals surface area contributed by atoms with Crippen LogP contribution in [0.3, 0.4) is 0 Å². The van der Waals surface area contributed by atoms with Crippen LogP contribution >= 0.6 is 11.6 Å². The number of nitrogens with one attached hydrogen (secondary N) is 1. The number of hydrogen-bond acceptors (Lipinski definition) is 4. The molecule has 1 amide bonds. The van der Waals surface area contributed by atoms with Crippen LogP contribution in [0.15, 0.2) is 0 Å². The molecule has 0 bridgehead atoms. The molecule has 1 fully saturated rings. The van der Waals surface area contributed by atoms with Crippen molar-refractivity contribution < 1.29 is 17.9 Å². The molecule has 1 heterocycles. The summed E-state index contributed by atoms with van der Waals surface area (Å²) in [7, 11) is -3.50. The van der Waals surface area contributed by atoms with Crippen molar-refractivity contribution in [3.05, 3.63) is 0 Å². The third kappa shape index (κ3) is 4.59. The lowest BCUT2D eigenvalue weighted by Gasteiger charge is -2.34. The molecule has 2 unspecified atom stereocenters. The first-order valence-electron chi connectivity index (χ1n) is 6.33. The van der Waals surface area contributed by atoms with Gasteiger partial charge in [0.2, 0.25) is 15.9 Å². The number of sulfonamides is 1. The Kier molecular flexibility index (Phi) is 6.52. The second kappa shape index (κ2) is 7.42. The zero-order chi connectivity index (χ0) is 14.5. The summed E-state index contributed by atoms with van der Waals surface area (Å²) in [6, 6.07) is -0.777. The van der Waals surface area contributed by atoms with E-state index >= 15 is 0 Å². The van der Waals surface area contributed by atoms with E-state index in [2.05, 4.69) is 5.32 Å². The van der Waals surface area contributed by atoms with Gasteiger partial charge in [0, 0.05) is 19.0 Å².